The van der Waals surface area contributed by atoms with Crippen molar-refractivity contribution in [1.82, 2.24) is 0 Å². The lowest BCUT2D eigenvalue weighted by atomic mass is 10.0. The summed E-state index contributed by atoms with van der Waals surface area (Å²) in [5.41, 5.74) is 0. The van der Waals surface area contributed by atoms with Crippen LogP contribution in [0.5, 0.6) is 0 Å². The molecule has 54 heavy (non-hydrogen) atoms. The fraction of sp³-hybridized carbons (Fsp3) is 0.810. The van der Waals surface area contributed by atoms with Crippen molar-refractivity contribution in [3.05, 3.63) is 36.5 Å². The van der Waals surface area contributed by atoms with Gasteiger partial charge in [0.15, 0.2) is 6.10 Å². The molecule has 0 heterocycles. The standard InChI is InChI=1S/C42H78NO10P/c1-6-8-10-12-14-16-18-20-21-23-25-27-30-39(44)40(45)31-29-33-42(47)53-38(37-52-54(48,49)51-35-34-43(3,4)5)36-50-41(46)32-28-26-24-22-19-17-15-13-11-9-7-2/h14,16,20-21,25,27,38-40,44-45H,6-13,15,17-19,22-24,26,28-37H2,1-5H3/p+1/b16-14-,21-20-,27-25-/t38-,39?,40?/m1/s1. The highest BCUT2D eigenvalue weighted by Crippen LogP contribution is 2.43. The van der Waals surface area contributed by atoms with Crippen LogP contribution in [0.2, 0.25) is 0 Å². The molecule has 0 aromatic heterocycles. The zero-order valence-electron chi connectivity index (χ0n) is 34.7. The highest BCUT2D eigenvalue weighted by atomic mass is 31.2. The molecule has 0 fully saturated rings. The lowest BCUT2D eigenvalue weighted by Gasteiger charge is -2.24. The van der Waals surface area contributed by atoms with E-state index < -0.39 is 44.7 Å². The molecule has 4 atom stereocenters. The van der Waals surface area contributed by atoms with Crippen molar-refractivity contribution >= 4 is 19.8 Å². The molecule has 0 saturated carbocycles. The minimum atomic E-state index is -4.45. The molecule has 0 aliphatic rings. The van der Waals surface area contributed by atoms with E-state index in [2.05, 4.69) is 38.2 Å². The number of esters is 2. The van der Waals surface area contributed by atoms with Crippen molar-refractivity contribution in [2.75, 3.05) is 47.5 Å². The van der Waals surface area contributed by atoms with Crippen molar-refractivity contribution in [3.8, 4) is 0 Å². The maximum absolute atomic E-state index is 12.7. The Morgan fingerprint density at radius 1 is 0.648 bits per heavy atom. The van der Waals surface area contributed by atoms with Crippen LogP contribution in [0.4, 0.5) is 0 Å². The molecule has 0 aliphatic heterocycles. The molecule has 0 radical (unpaired) electrons. The van der Waals surface area contributed by atoms with Gasteiger partial charge in [-0.25, -0.2) is 4.57 Å². The number of carbonyl (C=O) groups excluding carboxylic acids is 2. The molecule has 0 aliphatic carbocycles. The maximum Gasteiger partial charge on any atom is 0.472 e. The minimum absolute atomic E-state index is 0.0200. The lowest BCUT2D eigenvalue weighted by Crippen LogP contribution is -2.37. The quantitative estimate of drug-likeness (QED) is 0.0183. The Bertz CT molecular complexity index is 1060. The number of unbranched alkanes of at least 4 members (excludes halogenated alkanes) is 13. The molecule has 3 unspecified atom stereocenters. The first-order valence-electron chi connectivity index (χ1n) is 20.9. The van der Waals surface area contributed by atoms with Gasteiger partial charge in [0.25, 0.3) is 0 Å². The van der Waals surface area contributed by atoms with Gasteiger partial charge in [-0.15, -0.1) is 0 Å². The summed E-state index contributed by atoms with van der Waals surface area (Å²) in [5.74, 6) is -1.08. The first-order chi connectivity index (χ1) is 25.8. The predicted molar refractivity (Wildman–Crippen MR) is 218 cm³/mol. The number of rotatable bonds is 37. The van der Waals surface area contributed by atoms with Crippen molar-refractivity contribution in [2.24, 2.45) is 0 Å². The number of likely N-dealkylation sites (N-methyl/N-ethyl adjacent to an activating group) is 1. The first-order valence-corrected chi connectivity index (χ1v) is 22.4. The van der Waals surface area contributed by atoms with Crippen LogP contribution in [0.25, 0.3) is 0 Å². The second kappa shape index (κ2) is 34.4. The molecule has 0 bridgehead atoms. The van der Waals surface area contributed by atoms with Crippen molar-refractivity contribution < 1.29 is 52.3 Å². The fourth-order valence-corrected chi connectivity index (χ4v) is 6.15. The number of phosphoric acid groups is 1. The van der Waals surface area contributed by atoms with E-state index in [-0.39, 0.29) is 38.9 Å². The average molecular weight is 789 g/mol. The third-order valence-electron chi connectivity index (χ3n) is 8.87. The summed E-state index contributed by atoms with van der Waals surface area (Å²) in [4.78, 5) is 35.3. The number of hydrogen-bond donors (Lipinski definition) is 3. The topological polar surface area (TPSA) is 149 Å². The molecule has 3 N–H and O–H groups in total. The molecular weight excluding hydrogens is 709 g/mol. The normalized spacial score (nSPS) is 15.2. The van der Waals surface area contributed by atoms with E-state index in [1.807, 2.05) is 33.3 Å². The second-order valence-electron chi connectivity index (χ2n) is 15.3. The number of phosphoric ester groups is 1. The van der Waals surface area contributed by atoms with Crippen LogP contribution in [0.1, 0.15) is 155 Å². The Labute approximate surface area is 328 Å². The summed E-state index contributed by atoms with van der Waals surface area (Å²) >= 11 is 0. The van der Waals surface area contributed by atoms with E-state index in [1.54, 1.807) is 0 Å². The van der Waals surface area contributed by atoms with Gasteiger partial charge in [-0.05, 0) is 51.4 Å². The number of ether oxygens (including phenoxy) is 2. The molecule has 11 nitrogen and oxygen atoms in total. The molecule has 0 saturated heterocycles. The van der Waals surface area contributed by atoms with Crippen molar-refractivity contribution in [3.63, 3.8) is 0 Å². The highest BCUT2D eigenvalue weighted by Gasteiger charge is 2.27. The van der Waals surface area contributed by atoms with Crippen LogP contribution in [0.3, 0.4) is 0 Å². The molecule has 0 aromatic carbocycles. The predicted octanol–water partition coefficient (Wildman–Crippen LogP) is 9.29. The smallest absolute Gasteiger partial charge is 0.462 e. The third kappa shape index (κ3) is 35.8. The van der Waals surface area contributed by atoms with Gasteiger partial charge in [0.1, 0.15) is 19.8 Å². The first kappa shape index (κ1) is 52.2. The zero-order valence-corrected chi connectivity index (χ0v) is 35.6. The van der Waals surface area contributed by atoms with Crippen LogP contribution >= 0.6 is 7.82 Å². The zero-order chi connectivity index (χ0) is 40.3. The van der Waals surface area contributed by atoms with E-state index in [1.165, 1.54) is 64.2 Å². The van der Waals surface area contributed by atoms with Crippen LogP contribution in [0.15, 0.2) is 36.5 Å². The monoisotopic (exact) mass is 789 g/mol. The van der Waals surface area contributed by atoms with Crippen molar-refractivity contribution in [1.29, 1.82) is 0 Å². The summed E-state index contributed by atoms with van der Waals surface area (Å²) in [6.45, 7) is 4.03. The summed E-state index contributed by atoms with van der Waals surface area (Å²) in [7, 11) is 1.30. The fourth-order valence-electron chi connectivity index (χ4n) is 5.41. The lowest BCUT2D eigenvalue weighted by molar-refractivity contribution is -0.870. The van der Waals surface area contributed by atoms with Gasteiger partial charge < -0.3 is 29.1 Å². The van der Waals surface area contributed by atoms with Gasteiger partial charge in [-0.2, -0.15) is 0 Å². The molecule has 0 amide bonds. The number of quaternary nitrogens is 1. The largest absolute Gasteiger partial charge is 0.472 e. The van der Waals surface area contributed by atoms with E-state index in [4.69, 9.17) is 18.5 Å². The molecule has 0 rings (SSSR count). The SMILES string of the molecule is CCCCC/C=C\C/C=C\C/C=C\CC(O)C(O)CCCC(=O)O[C@H](COC(=O)CCCCCCCCCCCCC)COP(=O)(O)OCC[N+](C)(C)C. The van der Waals surface area contributed by atoms with Crippen molar-refractivity contribution in [2.45, 2.75) is 173 Å². The number of nitrogens with zero attached hydrogens (tertiary/aromatic N) is 1. The highest BCUT2D eigenvalue weighted by molar-refractivity contribution is 7.47. The molecular formula is C42H79NO10P+. The van der Waals surface area contributed by atoms with Crippen LogP contribution in [0, 0.1) is 0 Å². The molecule has 0 aromatic rings. The Morgan fingerprint density at radius 2 is 1.19 bits per heavy atom. The summed E-state index contributed by atoms with van der Waals surface area (Å²) in [6.07, 6.45) is 29.4. The molecule has 316 valence electrons. The van der Waals surface area contributed by atoms with Gasteiger partial charge in [-0.1, -0.05) is 127 Å². The Morgan fingerprint density at radius 3 is 1.80 bits per heavy atom. The van der Waals surface area contributed by atoms with E-state index in [9.17, 15) is 29.3 Å². The van der Waals surface area contributed by atoms with Gasteiger partial charge in [-0.3, -0.25) is 18.6 Å². The third-order valence-corrected chi connectivity index (χ3v) is 9.86. The van der Waals surface area contributed by atoms with Gasteiger partial charge in [0.2, 0.25) is 0 Å². The Balaban J connectivity index is 4.66. The number of carbonyl (C=O) groups is 2. The van der Waals surface area contributed by atoms with Crippen LogP contribution in [-0.2, 0) is 32.7 Å². The number of allylic oxidation sites excluding steroid dienone is 5. The van der Waals surface area contributed by atoms with E-state index in [0.29, 0.717) is 23.9 Å². The van der Waals surface area contributed by atoms with E-state index >= 15 is 0 Å². The summed E-state index contributed by atoms with van der Waals surface area (Å²) in [6, 6.07) is 0. The molecule has 0 spiro atoms. The molecule has 12 heteroatoms. The van der Waals surface area contributed by atoms with Crippen LogP contribution in [-0.4, -0.2) is 97.3 Å². The maximum atomic E-state index is 12.7. The van der Waals surface area contributed by atoms with E-state index in [0.717, 1.165) is 38.5 Å². The Hall–Kier alpha value is -1.85. The second-order valence-corrected chi connectivity index (χ2v) is 16.8. The number of hydrogen-bond acceptors (Lipinski definition) is 9. The van der Waals surface area contributed by atoms with Gasteiger partial charge in [0.05, 0.1) is 40.0 Å². The Kier molecular flexibility index (Phi) is 33.2. The number of aliphatic hydroxyl groups is 2. The number of aliphatic hydroxyl groups excluding tert-OH is 2. The average Bonchev–Trinajstić information content (AvgIpc) is 3.11. The van der Waals surface area contributed by atoms with Gasteiger partial charge in [0, 0.05) is 12.8 Å². The summed E-state index contributed by atoms with van der Waals surface area (Å²) in [5, 5.41) is 20.7. The van der Waals surface area contributed by atoms with Crippen LogP contribution < -0.4 is 0 Å². The van der Waals surface area contributed by atoms with Gasteiger partial charge >= 0.3 is 19.8 Å². The summed E-state index contributed by atoms with van der Waals surface area (Å²) < 4.78 is 34.0. The minimum Gasteiger partial charge on any atom is -0.462 e.